The molecule has 0 amide bonds. The van der Waals surface area contributed by atoms with E-state index in [9.17, 15) is 4.39 Å². The predicted octanol–water partition coefficient (Wildman–Crippen LogP) is 2.44. The SMILES string of the molecule is CCNC(Cc1ccc(F)cc1Br)C1CN(C)CCO1. The van der Waals surface area contributed by atoms with Crippen LogP contribution in [0.1, 0.15) is 12.5 Å². The molecule has 1 saturated heterocycles. The van der Waals surface area contributed by atoms with E-state index in [0.717, 1.165) is 42.7 Å². The highest BCUT2D eigenvalue weighted by Gasteiger charge is 2.26. The molecule has 1 aromatic rings. The second-order valence-corrected chi connectivity index (χ2v) is 6.13. The van der Waals surface area contributed by atoms with Crippen molar-refractivity contribution in [1.82, 2.24) is 10.2 Å². The average Bonchev–Trinajstić information content (AvgIpc) is 2.41. The monoisotopic (exact) mass is 344 g/mol. The molecular weight excluding hydrogens is 323 g/mol. The van der Waals surface area contributed by atoms with Crippen LogP contribution >= 0.6 is 15.9 Å². The van der Waals surface area contributed by atoms with Crippen molar-refractivity contribution in [3.8, 4) is 0 Å². The molecule has 1 fully saturated rings. The lowest BCUT2D eigenvalue weighted by Gasteiger charge is -2.35. The smallest absolute Gasteiger partial charge is 0.124 e. The number of nitrogens with zero attached hydrogens (tertiary/aromatic N) is 1. The van der Waals surface area contributed by atoms with Crippen LogP contribution in [0.3, 0.4) is 0 Å². The van der Waals surface area contributed by atoms with Gasteiger partial charge in [-0.15, -0.1) is 0 Å². The summed E-state index contributed by atoms with van der Waals surface area (Å²) in [5, 5.41) is 3.50. The Morgan fingerprint density at radius 2 is 2.35 bits per heavy atom. The van der Waals surface area contributed by atoms with Gasteiger partial charge in [0.15, 0.2) is 0 Å². The molecule has 5 heteroatoms. The fourth-order valence-corrected chi connectivity index (χ4v) is 3.09. The van der Waals surface area contributed by atoms with Gasteiger partial charge in [0.05, 0.1) is 12.7 Å². The molecule has 2 unspecified atom stereocenters. The lowest BCUT2D eigenvalue weighted by Crippen LogP contribution is -2.52. The molecule has 20 heavy (non-hydrogen) atoms. The summed E-state index contributed by atoms with van der Waals surface area (Å²) in [7, 11) is 2.12. The highest BCUT2D eigenvalue weighted by Crippen LogP contribution is 2.21. The largest absolute Gasteiger partial charge is 0.374 e. The molecule has 0 aromatic heterocycles. The molecular formula is C15H22BrFN2O. The molecule has 112 valence electrons. The Labute approximate surface area is 128 Å². The maximum atomic E-state index is 13.2. The highest BCUT2D eigenvalue weighted by atomic mass is 79.9. The summed E-state index contributed by atoms with van der Waals surface area (Å²) in [4.78, 5) is 2.29. The summed E-state index contributed by atoms with van der Waals surface area (Å²) in [6.07, 6.45) is 0.998. The van der Waals surface area contributed by atoms with E-state index >= 15 is 0 Å². The van der Waals surface area contributed by atoms with E-state index in [1.165, 1.54) is 12.1 Å². The van der Waals surface area contributed by atoms with Crippen molar-refractivity contribution in [1.29, 1.82) is 0 Å². The molecule has 1 aliphatic rings. The summed E-state index contributed by atoms with van der Waals surface area (Å²) in [6, 6.07) is 5.11. The standard InChI is InChI=1S/C15H22BrFN2O/c1-3-18-14(15-10-19(2)6-7-20-15)8-11-4-5-12(17)9-13(11)16/h4-5,9,14-15,18H,3,6-8,10H2,1-2H3. The first-order valence-electron chi connectivity index (χ1n) is 7.07. The fraction of sp³-hybridized carbons (Fsp3) is 0.600. The first-order valence-corrected chi connectivity index (χ1v) is 7.87. The summed E-state index contributed by atoms with van der Waals surface area (Å²) in [5.74, 6) is -0.214. The molecule has 1 aliphatic heterocycles. The van der Waals surface area contributed by atoms with Crippen molar-refractivity contribution in [2.24, 2.45) is 0 Å². The van der Waals surface area contributed by atoms with Crippen molar-refractivity contribution in [2.45, 2.75) is 25.5 Å². The van der Waals surface area contributed by atoms with Crippen LogP contribution in [0, 0.1) is 5.82 Å². The molecule has 0 radical (unpaired) electrons. The Morgan fingerprint density at radius 1 is 1.55 bits per heavy atom. The van der Waals surface area contributed by atoms with Gasteiger partial charge >= 0.3 is 0 Å². The summed E-state index contributed by atoms with van der Waals surface area (Å²) in [6.45, 7) is 5.67. The van der Waals surface area contributed by atoms with Crippen LogP contribution in [0.15, 0.2) is 22.7 Å². The first-order chi connectivity index (χ1) is 9.60. The third kappa shape index (κ3) is 4.25. The second-order valence-electron chi connectivity index (χ2n) is 5.28. The number of hydrogen-bond acceptors (Lipinski definition) is 3. The Balaban J connectivity index is 2.08. The molecule has 0 spiro atoms. The van der Waals surface area contributed by atoms with Crippen molar-refractivity contribution in [2.75, 3.05) is 33.3 Å². The molecule has 0 bridgehead atoms. The van der Waals surface area contributed by atoms with E-state index in [2.05, 4.69) is 40.1 Å². The Kier molecular flexibility index (Phi) is 5.96. The highest BCUT2D eigenvalue weighted by molar-refractivity contribution is 9.10. The van der Waals surface area contributed by atoms with E-state index in [1.54, 1.807) is 0 Å². The molecule has 0 saturated carbocycles. The zero-order valence-corrected chi connectivity index (χ0v) is 13.6. The Bertz CT molecular complexity index is 444. The molecule has 1 heterocycles. The van der Waals surface area contributed by atoms with Gasteiger partial charge in [0.25, 0.3) is 0 Å². The van der Waals surface area contributed by atoms with Crippen molar-refractivity contribution in [3.05, 3.63) is 34.1 Å². The normalized spacial score (nSPS) is 21.9. The van der Waals surface area contributed by atoms with Crippen LogP contribution in [-0.2, 0) is 11.2 Å². The van der Waals surface area contributed by atoms with Gasteiger partial charge in [-0.3, -0.25) is 0 Å². The van der Waals surface area contributed by atoms with Crippen LogP contribution in [0.5, 0.6) is 0 Å². The quantitative estimate of drug-likeness (QED) is 0.887. The Morgan fingerprint density at radius 3 is 3.00 bits per heavy atom. The number of benzene rings is 1. The molecule has 1 N–H and O–H groups in total. The number of hydrogen-bond donors (Lipinski definition) is 1. The van der Waals surface area contributed by atoms with Gasteiger partial charge in [-0.2, -0.15) is 0 Å². The molecule has 2 rings (SSSR count). The van der Waals surface area contributed by atoms with Gasteiger partial charge in [0.2, 0.25) is 0 Å². The number of nitrogens with one attached hydrogen (secondary N) is 1. The molecule has 2 atom stereocenters. The molecule has 3 nitrogen and oxygen atoms in total. The number of likely N-dealkylation sites (N-methyl/N-ethyl adjacent to an activating group) is 2. The lowest BCUT2D eigenvalue weighted by molar-refractivity contribution is -0.0381. The van der Waals surface area contributed by atoms with Crippen molar-refractivity contribution in [3.63, 3.8) is 0 Å². The van der Waals surface area contributed by atoms with Gasteiger partial charge in [-0.25, -0.2) is 4.39 Å². The fourth-order valence-electron chi connectivity index (χ4n) is 2.58. The maximum absolute atomic E-state index is 13.2. The number of halogens is 2. The number of morpholine rings is 1. The summed E-state index contributed by atoms with van der Waals surface area (Å²) < 4.78 is 19.9. The minimum atomic E-state index is -0.214. The Hall–Kier alpha value is -0.490. The average molecular weight is 345 g/mol. The van der Waals surface area contributed by atoms with Gasteiger partial charge < -0.3 is 15.0 Å². The van der Waals surface area contributed by atoms with Gasteiger partial charge in [-0.05, 0) is 37.7 Å². The third-order valence-electron chi connectivity index (χ3n) is 3.67. The minimum Gasteiger partial charge on any atom is -0.374 e. The third-order valence-corrected chi connectivity index (χ3v) is 4.40. The zero-order valence-electron chi connectivity index (χ0n) is 12.0. The zero-order chi connectivity index (χ0) is 14.5. The van der Waals surface area contributed by atoms with Crippen LogP contribution in [-0.4, -0.2) is 50.3 Å². The van der Waals surface area contributed by atoms with Crippen LogP contribution in [0.4, 0.5) is 4.39 Å². The van der Waals surface area contributed by atoms with E-state index in [1.807, 2.05) is 6.07 Å². The van der Waals surface area contributed by atoms with E-state index in [4.69, 9.17) is 4.74 Å². The van der Waals surface area contributed by atoms with E-state index in [-0.39, 0.29) is 18.0 Å². The number of ether oxygens (including phenoxy) is 1. The van der Waals surface area contributed by atoms with E-state index < -0.39 is 0 Å². The van der Waals surface area contributed by atoms with Crippen molar-refractivity contribution < 1.29 is 9.13 Å². The topological polar surface area (TPSA) is 24.5 Å². The second kappa shape index (κ2) is 7.50. The van der Waals surface area contributed by atoms with Crippen LogP contribution in [0.2, 0.25) is 0 Å². The van der Waals surface area contributed by atoms with Crippen molar-refractivity contribution >= 4 is 15.9 Å². The van der Waals surface area contributed by atoms with Gasteiger partial charge in [0.1, 0.15) is 5.82 Å². The first kappa shape index (κ1) is 15.9. The summed E-state index contributed by atoms with van der Waals surface area (Å²) >= 11 is 3.44. The summed E-state index contributed by atoms with van der Waals surface area (Å²) in [5.41, 5.74) is 1.11. The van der Waals surface area contributed by atoms with E-state index in [0.29, 0.717) is 0 Å². The van der Waals surface area contributed by atoms with Crippen LogP contribution in [0.25, 0.3) is 0 Å². The maximum Gasteiger partial charge on any atom is 0.124 e. The molecule has 1 aromatic carbocycles. The predicted molar refractivity (Wildman–Crippen MR) is 82.5 cm³/mol. The number of rotatable bonds is 5. The molecule has 0 aliphatic carbocycles. The van der Waals surface area contributed by atoms with Crippen LogP contribution < -0.4 is 5.32 Å². The van der Waals surface area contributed by atoms with Gasteiger partial charge in [-0.1, -0.05) is 28.9 Å². The lowest BCUT2D eigenvalue weighted by atomic mass is 10.00. The minimum absolute atomic E-state index is 0.172. The van der Waals surface area contributed by atoms with Gasteiger partial charge in [0, 0.05) is 23.6 Å².